The molecule has 128 valence electrons. The molecule has 1 aromatic heterocycles. The van der Waals surface area contributed by atoms with Crippen molar-refractivity contribution in [2.24, 2.45) is 5.73 Å². The van der Waals surface area contributed by atoms with Crippen LogP contribution in [0.5, 0.6) is 0 Å². The second kappa shape index (κ2) is 11.4. The Labute approximate surface area is 153 Å². The second-order valence-corrected chi connectivity index (χ2v) is 6.12. The van der Waals surface area contributed by atoms with Crippen molar-refractivity contribution in [3.63, 3.8) is 0 Å². The Morgan fingerprint density at radius 2 is 1.96 bits per heavy atom. The van der Waals surface area contributed by atoms with E-state index in [1.165, 1.54) is 5.56 Å². The average molecular weight is 376 g/mol. The number of amides is 1. The van der Waals surface area contributed by atoms with Gasteiger partial charge in [0.15, 0.2) is 0 Å². The summed E-state index contributed by atoms with van der Waals surface area (Å²) in [5.74, 6) is -0.0242. The first-order valence-corrected chi connectivity index (χ1v) is 8.01. The fraction of sp³-hybridized carbons (Fsp3) is 0.375. The zero-order chi connectivity index (χ0) is 15.1. The normalized spacial score (nSPS) is 11.0. The lowest BCUT2D eigenvalue weighted by Gasteiger charge is -2.05. The van der Waals surface area contributed by atoms with Gasteiger partial charge in [0.05, 0.1) is 17.2 Å². The van der Waals surface area contributed by atoms with Gasteiger partial charge in [-0.3, -0.25) is 4.79 Å². The fourth-order valence-corrected chi connectivity index (χ4v) is 2.79. The second-order valence-electron chi connectivity index (χ2n) is 5.18. The number of aromatic nitrogens is 1. The summed E-state index contributed by atoms with van der Waals surface area (Å²) in [5, 5.41) is 5.96. The third kappa shape index (κ3) is 8.32. The van der Waals surface area contributed by atoms with Crippen LogP contribution in [0.15, 0.2) is 35.7 Å². The van der Waals surface area contributed by atoms with E-state index in [1.807, 2.05) is 18.4 Å². The van der Waals surface area contributed by atoms with Gasteiger partial charge < -0.3 is 11.1 Å². The maximum Gasteiger partial charge on any atom is 0.221 e. The monoisotopic (exact) mass is 375 g/mol. The number of benzene rings is 1. The summed E-state index contributed by atoms with van der Waals surface area (Å²) in [5.41, 5.74) is 7.82. The van der Waals surface area contributed by atoms with E-state index in [1.54, 1.807) is 11.3 Å². The minimum Gasteiger partial charge on any atom is -0.350 e. The van der Waals surface area contributed by atoms with Crippen molar-refractivity contribution in [2.75, 3.05) is 0 Å². The summed E-state index contributed by atoms with van der Waals surface area (Å²) in [6, 6.07) is 10.3. The molecule has 0 radical (unpaired) electrons. The predicted octanol–water partition coefficient (Wildman–Crippen LogP) is 3.13. The molecule has 0 aliphatic rings. The molecule has 4 nitrogen and oxygen atoms in total. The largest absolute Gasteiger partial charge is 0.350 e. The van der Waals surface area contributed by atoms with E-state index in [-0.39, 0.29) is 36.8 Å². The summed E-state index contributed by atoms with van der Waals surface area (Å²) in [6.07, 6.45) is 2.28. The molecule has 3 N–H and O–H groups in total. The highest BCUT2D eigenvalue weighted by molar-refractivity contribution is 7.09. The van der Waals surface area contributed by atoms with Crippen LogP contribution >= 0.6 is 36.2 Å². The maximum atomic E-state index is 11.5. The molecule has 0 fully saturated rings. The van der Waals surface area contributed by atoms with Crippen LogP contribution in [0.3, 0.4) is 0 Å². The standard InChI is InChI=1S/C16H21N3OS.2ClH/c1-12(17)9-15(20)18-10-14-11-21-16(19-14)8-7-13-5-3-2-4-6-13;;/h2-6,11-12H,7-10,17H2,1H3,(H,18,20);2*1H. The van der Waals surface area contributed by atoms with Gasteiger partial charge in [-0.05, 0) is 18.9 Å². The summed E-state index contributed by atoms with van der Waals surface area (Å²) >= 11 is 1.65. The van der Waals surface area contributed by atoms with Crippen LogP contribution in [0.1, 0.15) is 29.6 Å². The highest BCUT2D eigenvalue weighted by Crippen LogP contribution is 2.13. The number of hydrogen-bond donors (Lipinski definition) is 2. The molecule has 1 unspecified atom stereocenters. The van der Waals surface area contributed by atoms with Crippen molar-refractivity contribution < 1.29 is 4.79 Å². The number of nitrogens with zero attached hydrogens (tertiary/aromatic N) is 1. The van der Waals surface area contributed by atoms with Crippen LogP contribution in [0.4, 0.5) is 0 Å². The Hall–Kier alpha value is -1.14. The Kier molecular flexibility index (Phi) is 10.8. The zero-order valence-corrected chi connectivity index (χ0v) is 15.5. The van der Waals surface area contributed by atoms with Crippen molar-refractivity contribution in [1.82, 2.24) is 10.3 Å². The van der Waals surface area contributed by atoms with E-state index in [9.17, 15) is 4.79 Å². The molecule has 23 heavy (non-hydrogen) atoms. The SMILES string of the molecule is CC(N)CC(=O)NCc1csc(CCc2ccccc2)n1.Cl.Cl. The van der Waals surface area contributed by atoms with Gasteiger partial charge in [0, 0.05) is 24.3 Å². The number of carbonyl (C=O) groups is 1. The van der Waals surface area contributed by atoms with Crippen molar-refractivity contribution in [1.29, 1.82) is 0 Å². The van der Waals surface area contributed by atoms with Gasteiger partial charge in [0.1, 0.15) is 0 Å². The lowest BCUT2D eigenvalue weighted by molar-refractivity contribution is -0.121. The summed E-state index contributed by atoms with van der Waals surface area (Å²) in [4.78, 5) is 16.1. The van der Waals surface area contributed by atoms with Crippen LogP contribution in [0.25, 0.3) is 0 Å². The van der Waals surface area contributed by atoms with E-state index < -0.39 is 0 Å². The highest BCUT2D eigenvalue weighted by atomic mass is 35.5. The van der Waals surface area contributed by atoms with Crippen LogP contribution in [0.2, 0.25) is 0 Å². The number of carbonyl (C=O) groups excluding carboxylic acids is 1. The lowest BCUT2D eigenvalue weighted by Crippen LogP contribution is -2.29. The van der Waals surface area contributed by atoms with Crippen LogP contribution < -0.4 is 11.1 Å². The van der Waals surface area contributed by atoms with Gasteiger partial charge in [-0.2, -0.15) is 0 Å². The molecule has 0 saturated heterocycles. The zero-order valence-electron chi connectivity index (χ0n) is 13.0. The topological polar surface area (TPSA) is 68.0 Å². The number of halogens is 2. The Morgan fingerprint density at radius 1 is 1.26 bits per heavy atom. The average Bonchev–Trinajstić information content (AvgIpc) is 2.91. The first kappa shape index (κ1) is 21.9. The maximum absolute atomic E-state index is 11.5. The molecule has 0 aliphatic carbocycles. The molecule has 1 amide bonds. The molecular weight excluding hydrogens is 353 g/mol. The van der Waals surface area contributed by atoms with Gasteiger partial charge in [-0.1, -0.05) is 30.3 Å². The van der Waals surface area contributed by atoms with Gasteiger partial charge in [0.25, 0.3) is 0 Å². The molecule has 0 saturated carbocycles. The molecule has 1 aromatic carbocycles. The van der Waals surface area contributed by atoms with E-state index in [2.05, 4.69) is 34.6 Å². The van der Waals surface area contributed by atoms with Gasteiger partial charge in [-0.15, -0.1) is 36.2 Å². The summed E-state index contributed by atoms with van der Waals surface area (Å²) in [6.45, 7) is 2.30. The number of aryl methyl sites for hydroxylation is 2. The Balaban J connectivity index is 0.00000242. The molecule has 2 aromatic rings. The molecule has 0 bridgehead atoms. The minimum atomic E-state index is -0.109. The number of nitrogens with two attached hydrogens (primary N) is 1. The predicted molar refractivity (Wildman–Crippen MR) is 101 cm³/mol. The Morgan fingerprint density at radius 3 is 2.61 bits per heavy atom. The number of nitrogens with one attached hydrogen (secondary N) is 1. The summed E-state index contributed by atoms with van der Waals surface area (Å²) in [7, 11) is 0. The van der Waals surface area contributed by atoms with Gasteiger partial charge in [0.2, 0.25) is 5.91 Å². The van der Waals surface area contributed by atoms with E-state index in [4.69, 9.17) is 5.73 Å². The molecule has 1 atom stereocenters. The van der Waals surface area contributed by atoms with E-state index in [0.29, 0.717) is 13.0 Å². The molecule has 7 heteroatoms. The number of rotatable bonds is 7. The fourth-order valence-electron chi connectivity index (χ4n) is 1.99. The molecular formula is C16H23Cl2N3OS. The first-order valence-electron chi connectivity index (χ1n) is 7.13. The first-order chi connectivity index (χ1) is 10.1. The van der Waals surface area contributed by atoms with Gasteiger partial charge >= 0.3 is 0 Å². The highest BCUT2D eigenvalue weighted by Gasteiger charge is 2.07. The van der Waals surface area contributed by atoms with E-state index >= 15 is 0 Å². The van der Waals surface area contributed by atoms with Crippen molar-refractivity contribution >= 4 is 42.1 Å². The number of thiazole rings is 1. The summed E-state index contributed by atoms with van der Waals surface area (Å²) < 4.78 is 0. The smallest absolute Gasteiger partial charge is 0.221 e. The van der Waals surface area contributed by atoms with Crippen LogP contribution in [-0.4, -0.2) is 16.9 Å². The third-order valence-electron chi connectivity index (χ3n) is 3.04. The Bertz CT molecular complexity index is 576. The third-order valence-corrected chi connectivity index (χ3v) is 4.00. The molecule has 1 heterocycles. The van der Waals surface area contributed by atoms with E-state index in [0.717, 1.165) is 23.5 Å². The minimum absolute atomic E-state index is 0. The number of hydrogen-bond acceptors (Lipinski definition) is 4. The van der Waals surface area contributed by atoms with Crippen molar-refractivity contribution in [3.05, 3.63) is 52.0 Å². The van der Waals surface area contributed by atoms with Crippen LogP contribution in [0, 0.1) is 0 Å². The lowest BCUT2D eigenvalue weighted by atomic mass is 10.1. The molecule has 0 spiro atoms. The van der Waals surface area contributed by atoms with Crippen molar-refractivity contribution in [2.45, 2.75) is 38.8 Å². The quantitative estimate of drug-likeness (QED) is 0.780. The van der Waals surface area contributed by atoms with Gasteiger partial charge in [-0.25, -0.2) is 4.98 Å². The van der Waals surface area contributed by atoms with Crippen molar-refractivity contribution in [3.8, 4) is 0 Å². The van der Waals surface area contributed by atoms with Crippen LogP contribution in [-0.2, 0) is 24.2 Å². The molecule has 2 rings (SSSR count). The molecule has 0 aliphatic heterocycles.